The van der Waals surface area contributed by atoms with Crippen LogP contribution in [0.5, 0.6) is 0 Å². The van der Waals surface area contributed by atoms with Crippen molar-refractivity contribution in [3.05, 3.63) is 51.8 Å². The molecule has 170 valence electrons. The van der Waals surface area contributed by atoms with Gasteiger partial charge in [-0.2, -0.15) is 0 Å². The second-order valence-electron chi connectivity index (χ2n) is 7.45. The van der Waals surface area contributed by atoms with E-state index in [4.69, 9.17) is 25.8 Å². The first-order chi connectivity index (χ1) is 15.3. The molecule has 0 radical (unpaired) electrons. The van der Waals surface area contributed by atoms with E-state index in [9.17, 15) is 14.4 Å². The molecule has 0 fully saturated rings. The summed E-state index contributed by atoms with van der Waals surface area (Å²) in [6, 6.07) is 7.05. The van der Waals surface area contributed by atoms with Gasteiger partial charge in [-0.15, -0.1) is 0 Å². The number of halogens is 1. The standard InChI is InChI=1S/C24H26ClNO6/c1-5-30-21(27)20-19(15-10-8-9-11-18(15)25)17-13-24(22(28)31-6-2,23(29)32-7-3)12-16(17)14(4)26-20/h8-11H,5-7,12-13H2,1-4H3. The lowest BCUT2D eigenvalue weighted by atomic mass is 9.84. The second kappa shape index (κ2) is 9.69. The quantitative estimate of drug-likeness (QED) is 0.349. The summed E-state index contributed by atoms with van der Waals surface area (Å²) in [5, 5.41) is 0.413. The molecule has 3 rings (SSSR count). The molecule has 0 amide bonds. The molecular weight excluding hydrogens is 434 g/mol. The maximum atomic E-state index is 13.0. The Morgan fingerprint density at radius 2 is 1.50 bits per heavy atom. The van der Waals surface area contributed by atoms with Gasteiger partial charge in [-0.1, -0.05) is 29.8 Å². The fourth-order valence-corrected chi connectivity index (χ4v) is 4.34. The predicted octanol–water partition coefficient (Wildman–Crippen LogP) is 4.10. The van der Waals surface area contributed by atoms with E-state index in [1.807, 2.05) is 0 Å². The average Bonchev–Trinajstić information content (AvgIpc) is 3.18. The molecule has 2 aromatic rings. The lowest BCUT2D eigenvalue weighted by Gasteiger charge is -2.24. The van der Waals surface area contributed by atoms with E-state index in [0.29, 0.717) is 33.0 Å². The molecule has 7 nitrogen and oxygen atoms in total. The van der Waals surface area contributed by atoms with Crippen molar-refractivity contribution in [3.63, 3.8) is 0 Å². The Hall–Kier alpha value is -2.93. The molecule has 0 saturated carbocycles. The third-order valence-corrected chi connectivity index (χ3v) is 5.85. The zero-order valence-electron chi connectivity index (χ0n) is 18.6. The van der Waals surface area contributed by atoms with Crippen molar-refractivity contribution in [2.75, 3.05) is 19.8 Å². The van der Waals surface area contributed by atoms with Crippen LogP contribution in [0.25, 0.3) is 11.1 Å². The Morgan fingerprint density at radius 1 is 0.938 bits per heavy atom. The van der Waals surface area contributed by atoms with Crippen LogP contribution in [0.1, 0.15) is 48.1 Å². The first kappa shape index (κ1) is 23.7. The predicted molar refractivity (Wildman–Crippen MR) is 118 cm³/mol. The van der Waals surface area contributed by atoms with Gasteiger partial charge in [0.25, 0.3) is 0 Å². The van der Waals surface area contributed by atoms with E-state index in [1.165, 1.54) is 0 Å². The highest BCUT2D eigenvalue weighted by molar-refractivity contribution is 6.33. The molecule has 8 heteroatoms. The van der Waals surface area contributed by atoms with Crippen LogP contribution in [-0.4, -0.2) is 42.7 Å². The van der Waals surface area contributed by atoms with Crippen LogP contribution >= 0.6 is 11.6 Å². The highest BCUT2D eigenvalue weighted by Crippen LogP contribution is 2.46. The molecule has 0 saturated heterocycles. The Bertz CT molecular complexity index is 1050. The van der Waals surface area contributed by atoms with E-state index in [1.54, 1.807) is 52.0 Å². The first-order valence-corrected chi connectivity index (χ1v) is 11.0. The number of ether oxygens (including phenoxy) is 3. The molecule has 1 aliphatic carbocycles. The molecule has 0 spiro atoms. The van der Waals surface area contributed by atoms with Crippen molar-refractivity contribution in [1.82, 2.24) is 4.98 Å². The minimum Gasteiger partial charge on any atom is -0.465 e. The lowest BCUT2D eigenvalue weighted by Crippen LogP contribution is -2.43. The summed E-state index contributed by atoms with van der Waals surface area (Å²) >= 11 is 6.49. The summed E-state index contributed by atoms with van der Waals surface area (Å²) in [5.74, 6) is -1.91. The largest absolute Gasteiger partial charge is 0.465 e. The Morgan fingerprint density at radius 3 is 2.06 bits per heavy atom. The lowest BCUT2D eigenvalue weighted by molar-refractivity contribution is -0.171. The first-order valence-electron chi connectivity index (χ1n) is 10.6. The van der Waals surface area contributed by atoms with E-state index in [2.05, 4.69) is 4.98 Å². The number of carbonyl (C=O) groups is 3. The van der Waals surface area contributed by atoms with E-state index < -0.39 is 23.3 Å². The number of aromatic nitrogens is 1. The minimum absolute atomic E-state index is 0.0102. The van der Waals surface area contributed by atoms with E-state index in [0.717, 1.165) is 0 Å². The molecule has 1 aliphatic rings. The number of hydrogen-bond donors (Lipinski definition) is 0. The van der Waals surface area contributed by atoms with Crippen molar-refractivity contribution in [3.8, 4) is 11.1 Å². The number of nitrogens with zero attached hydrogens (tertiary/aromatic N) is 1. The number of aryl methyl sites for hydroxylation is 1. The Balaban J connectivity index is 2.29. The fraction of sp³-hybridized carbons (Fsp3) is 0.417. The number of fused-ring (bicyclic) bond motifs is 1. The van der Waals surface area contributed by atoms with Crippen LogP contribution < -0.4 is 0 Å². The number of benzene rings is 1. The molecule has 0 aliphatic heterocycles. The van der Waals surface area contributed by atoms with Crippen LogP contribution in [0.2, 0.25) is 5.02 Å². The van der Waals surface area contributed by atoms with Crippen molar-refractivity contribution < 1.29 is 28.6 Å². The van der Waals surface area contributed by atoms with Crippen LogP contribution in [0.4, 0.5) is 0 Å². The number of rotatable bonds is 7. The van der Waals surface area contributed by atoms with Gasteiger partial charge < -0.3 is 14.2 Å². The summed E-state index contributed by atoms with van der Waals surface area (Å²) in [6.45, 7) is 7.23. The molecule has 32 heavy (non-hydrogen) atoms. The van der Waals surface area contributed by atoms with Crippen molar-refractivity contribution >= 4 is 29.5 Å². The van der Waals surface area contributed by atoms with Gasteiger partial charge in [-0.05, 0) is 44.9 Å². The number of carbonyl (C=O) groups excluding carboxylic acids is 3. The molecular formula is C24H26ClNO6. The summed E-state index contributed by atoms with van der Waals surface area (Å²) in [6.07, 6.45) is 0.0791. The molecule has 0 unspecified atom stereocenters. The van der Waals surface area contributed by atoms with Crippen LogP contribution in [0.3, 0.4) is 0 Å². The molecule has 0 N–H and O–H groups in total. The van der Waals surface area contributed by atoms with Gasteiger partial charge in [0, 0.05) is 34.7 Å². The highest BCUT2D eigenvalue weighted by Gasteiger charge is 2.54. The van der Waals surface area contributed by atoms with Gasteiger partial charge in [-0.3, -0.25) is 9.59 Å². The Labute approximate surface area is 192 Å². The van der Waals surface area contributed by atoms with E-state index in [-0.39, 0.29) is 38.4 Å². The maximum absolute atomic E-state index is 13.0. The van der Waals surface area contributed by atoms with E-state index >= 15 is 0 Å². The fourth-order valence-electron chi connectivity index (χ4n) is 4.11. The summed E-state index contributed by atoms with van der Waals surface area (Å²) < 4.78 is 15.8. The number of esters is 3. The third kappa shape index (κ3) is 4.09. The molecule has 1 aromatic heterocycles. The van der Waals surface area contributed by atoms with Gasteiger partial charge in [0.2, 0.25) is 0 Å². The highest BCUT2D eigenvalue weighted by atomic mass is 35.5. The molecule has 0 atom stereocenters. The van der Waals surface area contributed by atoms with Crippen molar-refractivity contribution in [2.24, 2.45) is 5.41 Å². The zero-order valence-corrected chi connectivity index (χ0v) is 19.4. The Kier molecular flexibility index (Phi) is 7.19. The van der Waals surface area contributed by atoms with Crippen LogP contribution in [0.15, 0.2) is 24.3 Å². The second-order valence-corrected chi connectivity index (χ2v) is 7.86. The average molecular weight is 460 g/mol. The minimum atomic E-state index is -1.55. The topological polar surface area (TPSA) is 91.8 Å². The number of hydrogen-bond acceptors (Lipinski definition) is 7. The summed E-state index contributed by atoms with van der Waals surface area (Å²) in [5.41, 5.74) is 1.47. The maximum Gasteiger partial charge on any atom is 0.357 e. The molecule has 1 aromatic carbocycles. The zero-order chi connectivity index (χ0) is 23.5. The molecule has 1 heterocycles. The summed E-state index contributed by atoms with van der Waals surface area (Å²) in [7, 11) is 0. The van der Waals surface area contributed by atoms with Gasteiger partial charge in [0.1, 0.15) is 0 Å². The van der Waals surface area contributed by atoms with Crippen molar-refractivity contribution in [2.45, 2.75) is 40.5 Å². The summed E-state index contributed by atoms with van der Waals surface area (Å²) in [4.78, 5) is 43.4. The van der Waals surface area contributed by atoms with Gasteiger partial charge >= 0.3 is 17.9 Å². The van der Waals surface area contributed by atoms with Crippen LogP contribution in [0, 0.1) is 12.3 Å². The van der Waals surface area contributed by atoms with Gasteiger partial charge in [-0.25, -0.2) is 9.78 Å². The van der Waals surface area contributed by atoms with Gasteiger partial charge in [0.15, 0.2) is 11.1 Å². The molecule has 0 bridgehead atoms. The van der Waals surface area contributed by atoms with Crippen LogP contribution in [-0.2, 0) is 36.6 Å². The third-order valence-electron chi connectivity index (χ3n) is 5.52. The normalized spacial score (nSPS) is 13.9. The smallest absolute Gasteiger partial charge is 0.357 e. The van der Waals surface area contributed by atoms with Crippen molar-refractivity contribution in [1.29, 1.82) is 0 Å². The van der Waals surface area contributed by atoms with Gasteiger partial charge in [0.05, 0.1) is 19.8 Å². The number of pyridine rings is 1. The monoisotopic (exact) mass is 459 g/mol. The SMILES string of the molecule is CCOC(=O)c1nc(C)c2c(c1-c1ccccc1Cl)CC(C(=O)OCC)(C(=O)OCC)C2.